The molecule has 1 fully saturated rings. The number of ether oxygens (including phenoxy) is 1. The Morgan fingerprint density at radius 2 is 1.74 bits per heavy atom. The van der Waals surface area contributed by atoms with E-state index in [0.717, 1.165) is 56.6 Å². The molecular formula is C29H34N6O3. The molecule has 4 N–H and O–H groups in total. The number of benzene rings is 2. The number of aromatic nitrogens is 4. The van der Waals surface area contributed by atoms with Gasteiger partial charge in [-0.05, 0) is 54.9 Å². The van der Waals surface area contributed by atoms with Gasteiger partial charge in [-0.15, -0.1) is 10.2 Å². The molecule has 0 bridgehead atoms. The largest absolute Gasteiger partial charge is 0.414 e. The van der Waals surface area contributed by atoms with Gasteiger partial charge in [0.25, 0.3) is 5.89 Å². The van der Waals surface area contributed by atoms with Crippen LogP contribution in [0.4, 0.5) is 5.82 Å². The first-order valence-electron chi connectivity index (χ1n) is 13.2. The van der Waals surface area contributed by atoms with Crippen LogP contribution in [0.3, 0.4) is 0 Å². The molecule has 1 aliphatic heterocycles. The van der Waals surface area contributed by atoms with Crippen LogP contribution in [0.5, 0.6) is 0 Å². The van der Waals surface area contributed by atoms with Crippen LogP contribution in [0, 0.1) is 5.92 Å². The highest BCUT2D eigenvalue weighted by Gasteiger charge is 2.18. The number of rotatable bonds is 11. The molecular weight excluding hydrogens is 480 g/mol. The summed E-state index contributed by atoms with van der Waals surface area (Å²) in [5.41, 5.74) is 11.4. The van der Waals surface area contributed by atoms with E-state index >= 15 is 0 Å². The molecule has 0 aliphatic carbocycles. The fourth-order valence-electron chi connectivity index (χ4n) is 4.47. The van der Waals surface area contributed by atoms with E-state index < -0.39 is 0 Å². The third-order valence-electron chi connectivity index (χ3n) is 6.95. The minimum Gasteiger partial charge on any atom is -0.414 e. The Morgan fingerprint density at radius 3 is 2.47 bits per heavy atom. The predicted octanol–water partition coefficient (Wildman–Crippen LogP) is 4.27. The van der Waals surface area contributed by atoms with Crippen LogP contribution < -0.4 is 11.1 Å². The maximum absolute atomic E-state index is 9.10. The second-order valence-electron chi connectivity index (χ2n) is 9.89. The Labute approximate surface area is 222 Å². The van der Waals surface area contributed by atoms with Gasteiger partial charge in [-0.1, -0.05) is 43.3 Å². The zero-order valence-corrected chi connectivity index (χ0v) is 21.6. The zero-order valence-electron chi connectivity index (χ0n) is 21.6. The quantitative estimate of drug-likeness (QED) is 0.268. The molecule has 1 saturated heterocycles. The summed E-state index contributed by atoms with van der Waals surface area (Å²) in [4.78, 5) is 9.02. The van der Waals surface area contributed by atoms with E-state index in [2.05, 4.69) is 39.6 Å². The maximum Gasteiger partial charge on any atom is 0.270 e. The molecule has 38 heavy (non-hydrogen) atoms. The van der Waals surface area contributed by atoms with Gasteiger partial charge in [0.15, 0.2) is 11.5 Å². The molecule has 1 aliphatic rings. The zero-order chi connectivity index (χ0) is 26.3. The van der Waals surface area contributed by atoms with Crippen molar-refractivity contribution in [3.05, 3.63) is 65.9 Å². The summed E-state index contributed by atoms with van der Waals surface area (Å²) in [6.45, 7) is 4.78. The Morgan fingerprint density at radius 1 is 1.00 bits per heavy atom. The van der Waals surface area contributed by atoms with E-state index in [0.29, 0.717) is 29.2 Å². The van der Waals surface area contributed by atoms with Gasteiger partial charge in [0.05, 0.1) is 18.5 Å². The van der Waals surface area contributed by atoms with Crippen molar-refractivity contribution in [3.8, 4) is 34.3 Å². The number of aryl methyl sites for hydroxylation is 1. The van der Waals surface area contributed by atoms with Crippen molar-refractivity contribution in [2.24, 2.45) is 5.92 Å². The fourth-order valence-corrected chi connectivity index (χ4v) is 4.47. The number of nitrogen functional groups attached to an aromatic ring is 1. The number of hydrogen-bond donors (Lipinski definition) is 3. The molecule has 198 valence electrons. The lowest BCUT2D eigenvalue weighted by Gasteiger charge is -2.10. The minimum atomic E-state index is 0.230. The third-order valence-corrected chi connectivity index (χ3v) is 6.95. The number of nitrogens with two attached hydrogens (primary N) is 1. The lowest BCUT2D eigenvalue weighted by Crippen LogP contribution is -2.28. The van der Waals surface area contributed by atoms with Crippen molar-refractivity contribution >= 4 is 5.82 Å². The fraction of sp³-hybridized carbons (Fsp3) is 0.379. The average molecular weight is 515 g/mol. The van der Waals surface area contributed by atoms with E-state index in [9.17, 15) is 0 Å². The van der Waals surface area contributed by atoms with Crippen LogP contribution in [0.1, 0.15) is 37.3 Å². The van der Waals surface area contributed by atoms with E-state index in [1.807, 2.05) is 36.4 Å². The van der Waals surface area contributed by atoms with Crippen molar-refractivity contribution in [2.45, 2.75) is 45.2 Å². The van der Waals surface area contributed by atoms with Crippen molar-refractivity contribution in [1.82, 2.24) is 25.5 Å². The van der Waals surface area contributed by atoms with Gasteiger partial charge in [-0.3, -0.25) is 0 Å². The average Bonchev–Trinajstić information content (AvgIpc) is 3.65. The number of nitrogens with one attached hydrogen (secondary N) is 1. The van der Waals surface area contributed by atoms with E-state index in [1.54, 1.807) is 6.20 Å². The summed E-state index contributed by atoms with van der Waals surface area (Å²) < 4.78 is 11.4. The molecule has 0 amide bonds. The lowest BCUT2D eigenvalue weighted by atomic mass is 9.98. The van der Waals surface area contributed by atoms with Crippen LogP contribution in [0.2, 0.25) is 0 Å². The first kappa shape index (κ1) is 26.0. The molecule has 9 nitrogen and oxygen atoms in total. The van der Waals surface area contributed by atoms with Gasteiger partial charge in [-0.25, -0.2) is 9.97 Å². The number of hydrogen-bond acceptors (Lipinski definition) is 9. The van der Waals surface area contributed by atoms with Crippen LogP contribution in [0.25, 0.3) is 34.3 Å². The monoisotopic (exact) mass is 514 g/mol. The van der Waals surface area contributed by atoms with Crippen molar-refractivity contribution in [1.29, 1.82) is 0 Å². The van der Waals surface area contributed by atoms with Crippen LogP contribution in [0.15, 0.2) is 59.1 Å². The second-order valence-corrected chi connectivity index (χ2v) is 9.89. The molecule has 0 radical (unpaired) electrons. The van der Waals surface area contributed by atoms with Gasteiger partial charge in [0.2, 0.25) is 5.89 Å². The van der Waals surface area contributed by atoms with Gasteiger partial charge >= 0.3 is 0 Å². The van der Waals surface area contributed by atoms with Crippen molar-refractivity contribution in [2.75, 3.05) is 25.6 Å². The topological polar surface area (TPSA) is 132 Å². The summed E-state index contributed by atoms with van der Waals surface area (Å²) in [7, 11) is 0. The number of nitrogens with zero attached hydrogens (tertiary/aromatic N) is 4. The van der Waals surface area contributed by atoms with Gasteiger partial charge < -0.3 is 25.3 Å². The highest BCUT2D eigenvalue weighted by Crippen LogP contribution is 2.28. The molecule has 0 saturated carbocycles. The third kappa shape index (κ3) is 6.42. The molecule has 4 aromatic rings. The Balaban J connectivity index is 1.26. The molecule has 1 unspecified atom stereocenters. The van der Waals surface area contributed by atoms with Crippen LogP contribution in [-0.4, -0.2) is 51.1 Å². The summed E-state index contributed by atoms with van der Waals surface area (Å²) >= 11 is 0. The van der Waals surface area contributed by atoms with Gasteiger partial charge in [-0.2, -0.15) is 0 Å². The van der Waals surface area contributed by atoms with Gasteiger partial charge in [0.1, 0.15) is 0 Å². The summed E-state index contributed by atoms with van der Waals surface area (Å²) in [6, 6.07) is 16.7. The molecule has 0 spiro atoms. The summed E-state index contributed by atoms with van der Waals surface area (Å²) in [5.74, 6) is 1.36. The maximum atomic E-state index is 9.10. The van der Waals surface area contributed by atoms with Crippen LogP contribution in [-0.2, 0) is 17.7 Å². The highest BCUT2D eigenvalue weighted by molar-refractivity contribution is 5.68. The molecule has 2 atom stereocenters. The molecule has 9 heteroatoms. The van der Waals surface area contributed by atoms with Crippen molar-refractivity contribution in [3.63, 3.8) is 0 Å². The molecule has 5 rings (SSSR count). The van der Waals surface area contributed by atoms with E-state index in [4.69, 9.17) is 25.0 Å². The number of aliphatic hydroxyl groups is 1. The second kappa shape index (κ2) is 12.3. The number of aliphatic hydroxyl groups excluding tert-OH is 1. The standard InChI is InChI=1S/C29H34N6O3/c1-19(12-14-36)2-3-20-4-8-22(9-5-20)25-17-32-27(30)26(33-25)29-35-34-28(38-29)23-10-6-21(7-11-23)16-31-24-13-15-37-18-24/h4-11,17,19,24,31,36H,2-3,12-16,18H2,1H3,(H2,30,32)/t19?,24-/m1/s1. The SMILES string of the molecule is CC(CCO)CCc1ccc(-c2cnc(N)c(-c3nnc(-c4ccc(CN[C@@H]5CCOC5)cc4)o3)n2)cc1. The minimum absolute atomic E-state index is 0.230. The Hall–Kier alpha value is -3.66. The molecule has 3 heterocycles. The Bertz CT molecular complexity index is 1320. The smallest absolute Gasteiger partial charge is 0.270 e. The molecule has 2 aromatic carbocycles. The number of anilines is 1. The highest BCUT2D eigenvalue weighted by atomic mass is 16.5. The first-order chi connectivity index (χ1) is 18.6. The van der Waals surface area contributed by atoms with E-state index in [1.165, 1.54) is 11.1 Å². The summed E-state index contributed by atoms with van der Waals surface area (Å²) in [6.07, 6.45) is 5.54. The summed E-state index contributed by atoms with van der Waals surface area (Å²) in [5, 5.41) is 21.0. The lowest BCUT2D eigenvalue weighted by molar-refractivity contribution is 0.190. The normalized spacial score (nSPS) is 16.1. The van der Waals surface area contributed by atoms with Gasteiger partial charge in [0, 0.05) is 36.9 Å². The molecule has 2 aromatic heterocycles. The van der Waals surface area contributed by atoms with Crippen molar-refractivity contribution < 1.29 is 14.3 Å². The Kier molecular flexibility index (Phi) is 8.37. The first-order valence-corrected chi connectivity index (χ1v) is 13.2. The van der Waals surface area contributed by atoms with E-state index in [-0.39, 0.29) is 18.3 Å². The predicted molar refractivity (Wildman–Crippen MR) is 146 cm³/mol. The van der Waals surface area contributed by atoms with Crippen LogP contribution >= 0.6 is 0 Å².